The van der Waals surface area contributed by atoms with Gasteiger partial charge >= 0.3 is 0 Å². The van der Waals surface area contributed by atoms with Crippen LogP contribution in [-0.4, -0.2) is 16.5 Å². The quantitative estimate of drug-likeness (QED) is 0.893. The van der Waals surface area contributed by atoms with Crippen LogP contribution in [0.1, 0.15) is 52.1 Å². The van der Waals surface area contributed by atoms with E-state index in [9.17, 15) is 0 Å². The molecule has 0 aliphatic heterocycles. The smallest absolute Gasteiger partial charge is 0.144 e. The number of anilines is 1. The van der Waals surface area contributed by atoms with Gasteiger partial charge in [-0.1, -0.05) is 27.7 Å². The monoisotopic (exact) mass is 299 g/mol. The molecular formula is C13H22BrN3. The van der Waals surface area contributed by atoms with Crippen molar-refractivity contribution in [2.45, 2.75) is 47.0 Å². The second-order valence-corrected chi connectivity index (χ2v) is 5.77. The van der Waals surface area contributed by atoms with Gasteiger partial charge in [0.1, 0.15) is 11.6 Å². The van der Waals surface area contributed by atoms with Crippen LogP contribution >= 0.6 is 15.9 Å². The summed E-state index contributed by atoms with van der Waals surface area (Å²) in [7, 11) is 0. The summed E-state index contributed by atoms with van der Waals surface area (Å²) < 4.78 is 1.01. The van der Waals surface area contributed by atoms with E-state index in [1.165, 1.54) is 0 Å². The summed E-state index contributed by atoms with van der Waals surface area (Å²) >= 11 is 3.61. The maximum Gasteiger partial charge on any atom is 0.144 e. The van der Waals surface area contributed by atoms with Crippen LogP contribution in [0.15, 0.2) is 4.47 Å². The van der Waals surface area contributed by atoms with Crippen molar-refractivity contribution >= 4 is 21.7 Å². The predicted octanol–water partition coefficient (Wildman–Crippen LogP) is 3.99. The molecule has 0 amide bonds. The third kappa shape index (κ3) is 3.95. The molecule has 1 N–H and O–H groups in total. The Balaban J connectivity index is 3.17. The van der Waals surface area contributed by atoms with E-state index in [-0.39, 0.29) is 0 Å². The van der Waals surface area contributed by atoms with Gasteiger partial charge in [0.25, 0.3) is 0 Å². The number of aromatic nitrogens is 2. The number of hydrogen-bond acceptors (Lipinski definition) is 3. The van der Waals surface area contributed by atoms with E-state index in [2.05, 4.69) is 65.8 Å². The number of hydrogen-bond donors (Lipinski definition) is 1. The van der Waals surface area contributed by atoms with Crippen molar-refractivity contribution < 1.29 is 0 Å². The first kappa shape index (κ1) is 14.4. The lowest BCUT2D eigenvalue weighted by atomic mass is 10.1. The van der Waals surface area contributed by atoms with Gasteiger partial charge in [-0.3, -0.25) is 0 Å². The molecule has 1 heterocycles. The number of rotatable bonds is 5. The third-order valence-electron chi connectivity index (χ3n) is 2.40. The molecule has 0 spiro atoms. The Morgan fingerprint density at radius 2 is 1.82 bits per heavy atom. The van der Waals surface area contributed by atoms with Gasteiger partial charge in [-0.15, -0.1) is 0 Å². The summed E-state index contributed by atoms with van der Waals surface area (Å²) in [6, 6.07) is 0. The van der Waals surface area contributed by atoms with Crippen LogP contribution in [-0.2, 0) is 6.42 Å². The predicted molar refractivity (Wildman–Crippen MR) is 76.5 cm³/mol. The molecule has 0 fully saturated rings. The van der Waals surface area contributed by atoms with Gasteiger partial charge < -0.3 is 5.32 Å². The average molecular weight is 300 g/mol. The minimum Gasteiger partial charge on any atom is -0.369 e. The van der Waals surface area contributed by atoms with Crippen molar-refractivity contribution in [1.82, 2.24) is 9.97 Å². The lowest BCUT2D eigenvalue weighted by Crippen LogP contribution is -2.10. The molecule has 0 saturated carbocycles. The normalized spacial score (nSPS) is 11.3. The Kier molecular flexibility index (Phi) is 5.37. The molecule has 0 atom stereocenters. The van der Waals surface area contributed by atoms with Crippen molar-refractivity contribution in [3.8, 4) is 0 Å². The summed E-state index contributed by atoms with van der Waals surface area (Å²) in [4.78, 5) is 9.22. The zero-order chi connectivity index (χ0) is 13.0. The Labute approximate surface area is 113 Å². The highest BCUT2D eigenvalue weighted by Gasteiger charge is 2.14. The van der Waals surface area contributed by atoms with E-state index in [1.54, 1.807) is 0 Å². The van der Waals surface area contributed by atoms with Crippen molar-refractivity contribution in [2.75, 3.05) is 11.9 Å². The van der Waals surface area contributed by atoms with E-state index in [1.807, 2.05) is 0 Å². The van der Waals surface area contributed by atoms with E-state index in [0.29, 0.717) is 11.8 Å². The maximum absolute atomic E-state index is 4.66. The molecule has 0 aromatic carbocycles. The fourth-order valence-corrected chi connectivity index (χ4v) is 2.06. The topological polar surface area (TPSA) is 37.8 Å². The Morgan fingerprint density at radius 3 is 2.29 bits per heavy atom. The summed E-state index contributed by atoms with van der Waals surface area (Å²) in [5.74, 6) is 2.78. The molecule has 3 nitrogen and oxygen atoms in total. The molecule has 4 heteroatoms. The van der Waals surface area contributed by atoms with Crippen LogP contribution in [0.4, 0.5) is 5.82 Å². The Morgan fingerprint density at radius 1 is 1.18 bits per heavy atom. The standard InChI is InChI=1S/C13H22BrN3/c1-6-15-13-11(14)10(7-8(2)3)16-12(17-13)9(4)5/h8-9H,6-7H2,1-5H3,(H,15,16,17). The first-order valence-corrected chi connectivity index (χ1v) is 7.05. The largest absolute Gasteiger partial charge is 0.369 e. The molecule has 0 bridgehead atoms. The molecule has 17 heavy (non-hydrogen) atoms. The number of nitrogens with one attached hydrogen (secondary N) is 1. The zero-order valence-electron chi connectivity index (χ0n) is 11.3. The number of halogens is 1. The Hall–Kier alpha value is -0.640. The molecule has 0 saturated heterocycles. The molecule has 0 radical (unpaired) electrons. The molecule has 0 aliphatic rings. The highest BCUT2D eigenvalue weighted by molar-refractivity contribution is 9.10. The minimum absolute atomic E-state index is 0.353. The van der Waals surface area contributed by atoms with E-state index in [0.717, 1.165) is 34.8 Å². The fraction of sp³-hybridized carbons (Fsp3) is 0.692. The first-order chi connectivity index (χ1) is 7.95. The van der Waals surface area contributed by atoms with Gasteiger partial charge in [-0.25, -0.2) is 9.97 Å². The molecule has 1 rings (SSSR count). The van der Waals surface area contributed by atoms with Crippen LogP contribution in [0.3, 0.4) is 0 Å². The Bertz CT molecular complexity index is 375. The van der Waals surface area contributed by atoms with Gasteiger partial charge in [-0.05, 0) is 35.2 Å². The van der Waals surface area contributed by atoms with Crippen molar-refractivity contribution in [3.05, 3.63) is 16.0 Å². The molecule has 1 aromatic heterocycles. The lowest BCUT2D eigenvalue weighted by molar-refractivity contribution is 0.623. The van der Waals surface area contributed by atoms with Crippen molar-refractivity contribution in [3.63, 3.8) is 0 Å². The van der Waals surface area contributed by atoms with E-state index < -0.39 is 0 Å². The first-order valence-electron chi connectivity index (χ1n) is 6.25. The van der Waals surface area contributed by atoms with Crippen LogP contribution in [0.2, 0.25) is 0 Å². The molecule has 0 aliphatic carbocycles. The summed E-state index contributed by atoms with van der Waals surface area (Å²) in [6.07, 6.45) is 0.973. The van der Waals surface area contributed by atoms with Crippen LogP contribution < -0.4 is 5.32 Å². The SMILES string of the molecule is CCNc1nc(C(C)C)nc(CC(C)C)c1Br. The summed E-state index contributed by atoms with van der Waals surface area (Å²) in [5.41, 5.74) is 1.11. The highest BCUT2D eigenvalue weighted by atomic mass is 79.9. The van der Waals surface area contributed by atoms with Crippen LogP contribution in [0, 0.1) is 5.92 Å². The molecule has 1 aromatic rings. The molecule has 96 valence electrons. The second kappa shape index (κ2) is 6.34. The van der Waals surface area contributed by atoms with Gasteiger partial charge in [0.2, 0.25) is 0 Å². The van der Waals surface area contributed by atoms with Gasteiger partial charge in [0, 0.05) is 12.5 Å². The minimum atomic E-state index is 0.353. The lowest BCUT2D eigenvalue weighted by Gasteiger charge is -2.14. The van der Waals surface area contributed by atoms with Crippen molar-refractivity contribution in [1.29, 1.82) is 0 Å². The molecule has 0 unspecified atom stereocenters. The van der Waals surface area contributed by atoms with Crippen LogP contribution in [0.25, 0.3) is 0 Å². The van der Waals surface area contributed by atoms with Crippen LogP contribution in [0.5, 0.6) is 0 Å². The van der Waals surface area contributed by atoms with Gasteiger partial charge in [0.15, 0.2) is 0 Å². The van der Waals surface area contributed by atoms with Gasteiger partial charge in [0.05, 0.1) is 10.2 Å². The average Bonchev–Trinajstić information content (AvgIpc) is 2.23. The number of nitrogens with zero attached hydrogens (tertiary/aromatic N) is 2. The maximum atomic E-state index is 4.66. The zero-order valence-corrected chi connectivity index (χ0v) is 12.9. The molecular weight excluding hydrogens is 278 g/mol. The van der Waals surface area contributed by atoms with E-state index >= 15 is 0 Å². The second-order valence-electron chi connectivity index (χ2n) is 4.97. The third-order valence-corrected chi connectivity index (χ3v) is 3.23. The van der Waals surface area contributed by atoms with Crippen molar-refractivity contribution in [2.24, 2.45) is 5.92 Å². The summed E-state index contributed by atoms with van der Waals surface area (Å²) in [6.45, 7) is 11.6. The van der Waals surface area contributed by atoms with Gasteiger partial charge in [-0.2, -0.15) is 0 Å². The fourth-order valence-electron chi connectivity index (χ4n) is 1.58. The van der Waals surface area contributed by atoms with E-state index in [4.69, 9.17) is 0 Å². The summed E-state index contributed by atoms with van der Waals surface area (Å²) in [5, 5.41) is 3.29. The highest BCUT2D eigenvalue weighted by Crippen LogP contribution is 2.27.